The molecule has 5 heteroatoms. The molecule has 1 aliphatic heterocycles. The summed E-state index contributed by atoms with van der Waals surface area (Å²) in [4.78, 5) is 14.8. The molecule has 1 N–H and O–H groups in total. The van der Waals surface area contributed by atoms with Crippen LogP contribution in [0.2, 0.25) is 0 Å². The third-order valence-corrected chi connectivity index (χ3v) is 6.30. The minimum atomic E-state index is -0.173. The lowest BCUT2D eigenvalue weighted by Crippen LogP contribution is -2.34. The summed E-state index contributed by atoms with van der Waals surface area (Å²) in [6, 6.07) is 16.4. The van der Waals surface area contributed by atoms with E-state index in [0.29, 0.717) is 24.1 Å². The molecule has 0 spiro atoms. The van der Waals surface area contributed by atoms with Crippen molar-refractivity contribution in [3.05, 3.63) is 71.7 Å². The molecule has 1 aromatic heterocycles. The van der Waals surface area contributed by atoms with Crippen LogP contribution in [0, 0.1) is 17.7 Å². The van der Waals surface area contributed by atoms with Crippen molar-refractivity contribution in [2.75, 3.05) is 26.2 Å². The lowest BCUT2D eigenvalue weighted by atomic mass is 9.64. The molecular formula is C23H23FN2O2. The van der Waals surface area contributed by atoms with Gasteiger partial charge >= 0.3 is 0 Å². The number of halogens is 1. The Labute approximate surface area is 163 Å². The number of benzene rings is 2. The maximum absolute atomic E-state index is 13.1. The van der Waals surface area contributed by atoms with E-state index in [1.165, 1.54) is 12.0 Å². The Morgan fingerprint density at radius 1 is 1.14 bits per heavy atom. The molecule has 1 saturated carbocycles. The lowest BCUT2D eigenvalue weighted by molar-refractivity contribution is 0.0924. The summed E-state index contributed by atoms with van der Waals surface area (Å²) in [5, 5.41) is 3.91. The maximum Gasteiger partial charge on any atom is 0.287 e. The van der Waals surface area contributed by atoms with Gasteiger partial charge in [-0.25, -0.2) is 4.39 Å². The van der Waals surface area contributed by atoms with Crippen LogP contribution in [0.25, 0.3) is 11.0 Å². The van der Waals surface area contributed by atoms with Crippen molar-refractivity contribution >= 4 is 16.9 Å². The largest absolute Gasteiger partial charge is 0.451 e. The highest BCUT2D eigenvalue weighted by atomic mass is 19.1. The molecule has 3 unspecified atom stereocenters. The first kappa shape index (κ1) is 17.4. The zero-order valence-corrected chi connectivity index (χ0v) is 15.6. The van der Waals surface area contributed by atoms with E-state index in [1.54, 1.807) is 18.2 Å². The average Bonchev–Trinajstić information content (AvgIpc) is 3.26. The average molecular weight is 378 g/mol. The molecule has 3 atom stereocenters. The molecule has 1 aliphatic carbocycles. The van der Waals surface area contributed by atoms with Gasteiger partial charge in [0.05, 0.1) is 0 Å². The summed E-state index contributed by atoms with van der Waals surface area (Å²) < 4.78 is 18.8. The van der Waals surface area contributed by atoms with E-state index in [4.69, 9.17) is 4.42 Å². The van der Waals surface area contributed by atoms with Gasteiger partial charge in [0.2, 0.25) is 0 Å². The van der Waals surface area contributed by atoms with Crippen LogP contribution < -0.4 is 5.32 Å². The predicted molar refractivity (Wildman–Crippen MR) is 106 cm³/mol. The third-order valence-electron chi connectivity index (χ3n) is 6.30. The normalized spacial score (nSPS) is 24.1. The molecule has 144 valence electrons. The Hall–Kier alpha value is -2.66. The van der Waals surface area contributed by atoms with Gasteiger partial charge in [-0.2, -0.15) is 0 Å². The minimum Gasteiger partial charge on any atom is -0.451 e. The number of nitrogens with zero attached hydrogens (tertiary/aromatic N) is 1. The van der Waals surface area contributed by atoms with Crippen molar-refractivity contribution in [1.82, 2.24) is 10.2 Å². The van der Waals surface area contributed by atoms with Gasteiger partial charge < -0.3 is 14.6 Å². The molecule has 0 bridgehead atoms. The summed E-state index contributed by atoms with van der Waals surface area (Å²) in [6.07, 6.45) is 1.18. The fraction of sp³-hybridized carbons (Fsp3) is 0.348. The summed E-state index contributed by atoms with van der Waals surface area (Å²) in [7, 11) is 0. The molecule has 3 aromatic rings. The zero-order chi connectivity index (χ0) is 19.1. The number of hydrogen-bond acceptors (Lipinski definition) is 3. The van der Waals surface area contributed by atoms with Crippen LogP contribution in [-0.4, -0.2) is 37.0 Å². The van der Waals surface area contributed by atoms with Gasteiger partial charge in [0, 0.05) is 31.6 Å². The second-order valence-corrected chi connectivity index (χ2v) is 7.98. The number of fused-ring (bicyclic) bond motifs is 2. The van der Waals surface area contributed by atoms with E-state index in [2.05, 4.69) is 10.2 Å². The van der Waals surface area contributed by atoms with Crippen molar-refractivity contribution < 1.29 is 13.6 Å². The van der Waals surface area contributed by atoms with Gasteiger partial charge in [-0.05, 0) is 54.0 Å². The summed E-state index contributed by atoms with van der Waals surface area (Å²) in [6.45, 7) is 3.59. The van der Waals surface area contributed by atoms with E-state index in [-0.39, 0.29) is 11.7 Å². The van der Waals surface area contributed by atoms with Crippen LogP contribution in [0.15, 0.2) is 59.0 Å². The van der Waals surface area contributed by atoms with Crippen LogP contribution in [0.5, 0.6) is 0 Å². The highest BCUT2D eigenvalue weighted by molar-refractivity contribution is 5.96. The first-order valence-corrected chi connectivity index (χ1v) is 9.92. The third kappa shape index (κ3) is 3.20. The number of amides is 1. The molecule has 1 amide bonds. The standard InChI is InChI=1S/C23H23FN2O2/c24-18-7-5-15(6-8-18)19-11-17-13-26(14-20(17)19)10-9-25-23(27)22-12-16-3-1-2-4-21(16)28-22/h1-8,12,17,19-20H,9-11,13-14H2,(H,25,27). The van der Waals surface area contributed by atoms with Crippen LogP contribution in [0.4, 0.5) is 4.39 Å². The number of carbonyl (C=O) groups is 1. The quantitative estimate of drug-likeness (QED) is 0.729. The highest BCUT2D eigenvalue weighted by Gasteiger charge is 2.47. The smallest absolute Gasteiger partial charge is 0.287 e. The Balaban J connectivity index is 1.12. The van der Waals surface area contributed by atoms with E-state index >= 15 is 0 Å². The first-order valence-electron chi connectivity index (χ1n) is 9.92. The van der Waals surface area contributed by atoms with Crippen LogP contribution in [0.1, 0.15) is 28.5 Å². The Kier molecular flexibility index (Phi) is 4.40. The number of rotatable bonds is 5. The summed E-state index contributed by atoms with van der Waals surface area (Å²) >= 11 is 0. The second-order valence-electron chi connectivity index (χ2n) is 7.98. The number of carbonyl (C=O) groups excluding carboxylic acids is 1. The molecule has 2 fully saturated rings. The number of para-hydroxylation sites is 1. The summed E-state index contributed by atoms with van der Waals surface area (Å²) in [5.41, 5.74) is 1.98. The maximum atomic E-state index is 13.1. The predicted octanol–water partition coefficient (Wildman–Crippen LogP) is 4.04. The van der Waals surface area contributed by atoms with Crippen molar-refractivity contribution in [3.8, 4) is 0 Å². The molecule has 28 heavy (non-hydrogen) atoms. The first-order chi connectivity index (χ1) is 13.7. The molecule has 0 radical (unpaired) electrons. The van der Waals surface area contributed by atoms with Gasteiger partial charge in [0.1, 0.15) is 11.4 Å². The van der Waals surface area contributed by atoms with E-state index in [0.717, 1.165) is 36.5 Å². The number of nitrogens with one attached hydrogen (secondary N) is 1. The Morgan fingerprint density at radius 2 is 1.96 bits per heavy atom. The van der Waals surface area contributed by atoms with Gasteiger partial charge in [-0.15, -0.1) is 0 Å². The number of furan rings is 1. The lowest BCUT2D eigenvalue weighted by Gasteiger charge is -2.40. The fourth-order valence-electron chi connectivity index (χ4n) is 4.78. The highest BCUT2D eigenvalue weighted by Crippen LogP contribution is 2.51. The molecule has 2 heterocycles. The van der Waals surface area contributed by atoms with Crippen molar-refractivity contribution in [1.29, 1.82) is 0 Å². The molecule has 2 aromatic carbocycles. The molecule has 4 nitrogen and oxygen atoms in total. The van der Waals surface area contributed by atoms with Crippen molar-refractivity contribution in [2.24, 2.45) is 11.8 Å². The topological polar surface area (TPSA) is 45.5 Å². The van der Waals surface area contributed by atoms with E-state index in [9.17, 15) is 9.18 Å². The molecule has 5 rings (SSSR count). The minimum absolute atomic E-state index is 0.164. The monoisotopic (exact) mass is 378 g/mol. The van der Waals surface area contributed by atoms with Gasteiger partial charge in [0.15, 0.2) is 5.76 Å². The van der Waals surface area contributed by atoms with Gasteiger partial charge in [-0.1, -0.05) is 30.3 Å². The van der Waals surface area contributed by atoms with E-state index in [1.807, 2.05) is 36.4 Å². The van der Waals surface area contributed by atoms with Crippen LogP contribution in [-0.2, 0) is 0 Å². The van der Waals surface area contributed by atoms with Crippen LogP contribution in [0.3, 0.4) is 0 Å². The second kappa shape index (κ2) is 7.06. The molecular weight excluding hydrogens is 355 g/mol. The Morgan fingerprint density at radius 3 is 2.79 bits per heavy atom. The van der Waals surface area contributed by atoms with Crippen LogP contribution >= 0.6 is 0 Å². The number of likely N-dealkylation sites (tertiary alicyclic amines) is 1. The SMILES string of the molecule is O=C(NCCN1CC2CC(c3ccc(F)cc3)C2C1)c1cc2ccccc2o1. The van der Waals surface area contributed by atoms with E-state index < -0.39 is 0 Å². The van der Waals surface area contributed by atoms with Crippen molar-refractivity contribution in [2.45, 2.75) is 12.3 Å². The molecule has 1 saturated heterocycles. The van der Waals surface area contributed by atoms with Gasteiger partial charge in [-0.3, -0.25) is 4.79 Å². The fourth-order valence-corrected chi connectivity index (χ4v) is 4.78. The summed E-state index contributed by atoms with van der Waals surface area (Å²) in [5.74, 6) is 1.94. The zero-order valence-electron chi connectivity index (χ0n) is 15.6. The Bertz CT molecular complexity index is 964. The molecule has 2 aliphatic rings. The van der Waals surface area contributed by atoms with Gasteiger partial charge in [0.25, 0.3) is 5.91 Å². The van der Waals surface area contributed by atoms with Crippen molar-refractivity contribution in [3.63, 3.8) is 0 Å². The number of hydrogen-bond donors (Lipinski definition) is 1.